The van der Waals surface area contributed by atoms with E-state index in [4.69, 9.17) is 0 Å². The molecule has 2 atom stereocenters. The molecule has 2 aliphatic heterocycles. The van der Waals surface area contributed by atoms with Crippen LogP contribution in [0.25, 0.3) is 0 Å². The van der Waals surface area contributed by atoms with E-state index in [1.807, 2.05) is 24.8 Å². The first-order valence-electron chi connectivity index (χ1n) is 9.42. The fraction of sp³-hybridized carbons (Fsp3) is 0.550. The number of urea groups is 1. The van der Waals surface area contributed by atoms with Gasteiger partial charge < -0.3 is 10.2 Å². The standard InChI is InChI=1S/C20H27N3O3/c1-3-20(18(25)21-19(26)22-20)13-14(2)17(24)23-11-9-16(10-12-23)15-7-5-4-6-8-15/h4-8,14,16H,3,9-13H2,1-2H3,(H2,21,22,25,26)/t14-,20+/m0/s1. The van der Waals surface area contributed by atoms with Crippen LogP contribution in [0.2, 0.25) is 0 Å². The first-order chi connectivity index (χ1) is 12.4. The van der Waals surface area contributed by atoms with Gasteiger partial charge in [0.15, 0.2) is 0 Å². The lowest BCUT2D eigenvalue weighted by molar-refractivity contribution is -0.137. The fourth-order valence-corrected chi connectivity index (χ4v) is 4.15. The quantitative estimate of drug-likeness (QED) is 0.795. The Kier molecular flexibility index (Phi) is 5.30. The van der Waals surface area contributed by atoms with Crippen molar-refractivity contribution in [3.05, 3.63) is 35.9 Å². The number of rotatable bonds is 5. The van der Waals surface area contributed by atoms with Gasteiger partial charge in [0.1, 0.15) is 5.54 Å². The van der Waals surface area contributed by atoms with Crippen molar-refractivity contribution in [2.24, 2.45) is 5.92 Å². The number of amides is 4. The number of nitrogens with zero attached hydrogens (tertiary/aromatic N) is 1. The lowest BCUT2D eigenvalue weighted by atomic mass is 9.84. The molecule has 140 valence electrons. The van der Waals surface area contributed by atoms with E-state index in [2.05, 4.69) is 34.9 Å². The molecular weight excluding hydrogens is 330 g/mol. The van der Waals surface area contributed by atoms with E-state index in [1.54, 1.807) is 0 Å². The van der Waals surface area contributed by atoms with Crippen LogP contribution in [0, 0.1) is 5.92 Å². The van der Waals surface area contributed by atoms with Gasteiger partial charge in [-0.3, -0.25) is 14.9 Å². The van der Waals surface area contributed by atoms with Crippen LogP contribution in [0.3, 0.4) is 0 Å². The van der Waals surface area contributed by atoms with Crippen molar-refractivity contribution in [1.82, 2.24) is 15.5 Å². The minimum absolute atomic E-state index is 0.0679. The van der Waals surface area contributed by atoms with Gasteiger partial charge in [0, 0.05) is 19.0 Å². The molecule has 6 heteroatoms. The summed E-state index contributed by atoms with van der Waals surface area (Å²) in [4.78, 5) is 38.4. The van der Waals surface area contributed by atoms with E-state index in [0.29, 0.717) is 18.8 Å². The maximum atomic E-state index is 12.9. The zero-order valence-corrected chi connectivity index (χ0v) is 15.5. The largest absolute Gasteiger partial charge is 0.342 e. The second kappa shape index (κ2) is 7.48. The molecule has 0 unspecified atom stereocenters. The summed E-state index contributed by atoms with van der Waals surface area (Å²) in [6.45, 7) is 5.18. The second-order valence-corrected chi connectivity index (χ2v) is 7.46. The summed E-state index contributed by atoms with van der Waals surface area (Å²) < 4.78 is 0. The number of hydrogen-bond donors (Lipinski definition) is 2. The monoisotopic (exact) mass is 357 g/mol. The topological polar surface area (TPSA) is 78.5 Å². The molecule has 0 radical (unpaired) electrons. The van der Waals surface area contributed by atoms with Crippen LogP contribution in [-0.4, -0.2) is 41.4 Å². The molecule has 2 aliphatic rings. The molecule has 0 bridgehead atoms. The zero-order chi connectivity index (χ0) is 18.7. The maximum Gasteiger partial charge on any atom is 0.322 e. The Labute approximate surface area is 154 Å². The van der Waals surface area contributed by atoms with Gasteiger partial charge in [0.2, 0.25) is 5.91 Å². The highest BCUT2D eigenvalue weighted by Gasteiger charge is 2.46. The Morgan fingerprint density at radius 1 is 1.23 bits per heavy atom. The first kappa shape index (κ1) is 18.4. The Balaban J connectivity index is 1.58. The van der Waals surface area contributed by atoms with Gasteiger partial charge in [-0.15, -0.1) is 0 Å². The Morgan fingerprint density at radius 3 is 2.42 bits per heavy atom. The van der Waals surface area contributed by atoms with Gasteiger partial charge in [-0.1, -0.05) is 44.2 Å². The van der Waals surface area contributed by atoms with Crippen molar-refractivity contribution in [2.75, 3.05) is 13.1 Å². The zero-order valence-electron chi connectivity index (χ0n) is 15.5. The molecule has 0 aromatic heterocycles. The van der Waals surface area contributed by atoms with Crippen LogP contribution in [-0.2, 0) is 9.59 Å². The van der Waals surface area contributed by atoms with Crippen LogP contribution < -0.4 is 10.6 Å². The number of carbonyl (C=O) groups excluding carboxylic acids is 3. The highest BCUT2D eigenvalue weighted by atomic mass is 16.2. The molecule has 6 nitrogen and oxygen atoms in total. The van der Waals surface area contributed by atoms with Gasteiger partial charge in [-0.05, 0) is 37.2 Å². The number of nitrogens with one attached hydrogen (secondary N) is 2. The molecule has 1 aromatic rings. The van der Waals surface area contributed by atoms with Gasteiger partial charge in [-0.25, -0.2) is 4.79 Å². The minimum atomic E-state index is -0.964. The summed E-state index contributed by atoms with van der Waals surface area (Å²) in [6, 6.07) is 9.96. The predicted molar refractivity (Wildman–Crippen MR) is 98.5 cm³/mol. The maximum absolute atomic E-state index is 12.9. The number of imide groups is 1. The molecule has 0 spiro atoms. The Morgan fingerprint density at radius 2 is 1.88 bits per heavy atom. The van der Waals surface area contributed by atoms with Crippen molar-refractivity contribution in [3.8, 4) is 0 Å². The normalized spacial score (nSPS) is 24.9. The van der Waals surface area contributed by atoms with Gasteiger partial charge in [0.25, 0.3) is 5.91 Å². The van der Waals surface area contributed by atoms with Crippen LogP contribution in [0.15, 0.2) is 30.3 Å². The lowest BCUT2D eigenvalue weighted by Gasteiger charge is -2.35. The number of piperidine rings is 1. The summed E-state index contributed by atoms with van der Waals surface area (Å²) in [5.74, 6) is -0.0736. The van der Waals surface area contributed by atoms with Crippen molar-refractivity contribution < 1.29 is 14.4 Å². The second-order valence-electron chi connectivity index (χ2n) is 7.46. The third-order valence-corrected chi connectivity index (χ3v) is 5.77. The lowest BCUT2D eigenvalue weighted by Crippen LogP contribution is -2.50. The minimum Gasteiger partial charge on any atom is -0.342 e. The highest BCUT2D eigenvalue weighted by molar-refractivity contribution is 6.07. The van der Waals surface area contributed by atoms with E-state index >= 15 is 0 Å². The highest BCUT2D eigenvalue weighted by Crippen LogP contribution is 2.30. The van der Waals surface area contributed by atoms with E-state index in [9.17, 15) is 14.4 Å². The van der Waals surface area contributed by atoms with Gasteiger partial charge in [0.05, 0.1) is 0 Å². The SMILES string of the molecule is CC[C@]1(C[C@H](C)C(=O)N2CCC(c3ccccc3)CC2)NC(=O)NC1=O. The van der Waals surface area contributed by atoms with E-state index < -0.39 is 11.6 Å². The van der Waals surface area contributed by atoms with Crippen molar-refractivity contribution in [2.45, 2.75) is 51.0 Å². The summed E-state index contributed by atoms with van der Waals surface area (Å²) >= 11 is 0. The summed E-state index contributed by atoms with van der Waals surface area (Å²) in [6.07, 6.45) is 2.72. The molecule has 0 saturated carbocycles. The third-order valence-electron chi connectivity index (χ3n) is 5.77. The summed E-state index contributed by atoms with van der Waals surface area (Å²) in [5, 5.41) is 5.01. The Bertz CT molecular complexity index is 683. The predicted octanol–water partition coefficient (Wildman–Crippen LogP) is 2.41. The van der Waals surface area contributed by atoms with Crippen LogP contribution in [0.1, 0.15) is 51.0 Å². The molecule has 4 amide bonds. The number of hydrogen-bond acceptors (Lipinski definition) is 3. The first-order valence-corrected chi connectivity index (χ1v) is 9.42. The number of likely N-dealkylation sites (tertiary alicyclic amines) is 1. The summed E-state index contributed by atoms with van der Waals surface area (Å²) in [5.41, 5.74) is 0.372. The Hall–Kier alpha value is -2.37. The smallest absolute Gasteiger partial charge is 0.322 e. The number of carbonyl (C=O) groups is 3. The van der Waals surface area contributed by atoms with Crippen molar-refractivity contribution in [1.29, 1.82) is 0 Å². The fourth-order valence-electron chi connectivity index (χ4n) is 4.15. The van der Waals surface area contributed by atoms with Gasteiger partial charge >= 0.3 is 6.03 Å². The molecule has 26 heavy (non-hydrogen) atoms. The van der Waals surface area contributed by atoms with E-state index in [1.165, 1.54) is 5.56 Å². The van der Waals surface area contributed by atoms with Crippen LogP contribution in [0.4, 0.5) is 4.79 Å². The average Bonchev–Trinajstić information content (AvgIpc) is 2.95. The summed E-state index contributed by atoms with van der Waals surface area (Å²) in [7, 11) is 0. The molecule has 0 aliphatic carbocycles. The van der Waals surface area contributed by atoms with Crippen LogP contribution in [0.5, 0.6) is 0 Å². The molecule has 1 aromatic carbocycles. The van der Waals surface area contributed by atoms with E-state index in [0.717, 1.165) is 25.9 Å². The van der Waals surface area contributed by atoms with Crippen molar-refractivity contribution in [3.63, 3.8) is 0 Å². The number of benzene rings is 1. The van der Waals surface area contributed by atoms with Crippen LogP contribution >= 0.6 is 0 Å². The molecule has 2 saturated heterocycles. The molecular formula is C20H27N3O3. The van der Waals surface area contributed by atoms with Gasteiger partial charge in [-0.2, -0.15) is 0 Å². The molecule has 2 heterocycles. The molecule has 3 rings (SSSR count). The van der Waals surface area contributed by atoms with Crippen molar-refractivity contribution >= 4 is 17.8 Å². The molecule has 2 fully saturated rings. The average molecular weight is 357 g/mol. The molecule has 2 N–H and O–H groups in total. The van der Waals surface area contributed by atoms with E-state index in [-0.39, 0.29) is 17.7 Å². The third kappa shape index (κ3) is 3.59.